The number of ether oxygens (including phenoxy) is 2. The Kier molecular flexibility index (Phi) is 5.31. The highest BCUT2D eigenvalue weighted by atomic mass is 16.6. The molecule has 8 nitrogen and oxygen atoms in total. The second kappa shape index (κ2) is 7.40. The zero-order valence-electron chi connectivity index (χ0n) is 13.5. The van der Waals surface area contributed by atoms with Gasteiger partial charge in [-0.3, -0.25) is 15.4 Å². The lowest BCUT2D eigenvalue weighted by Crippen LogP contribution is -2.15. The van der Waals surface area contributed by atoms with Crippen LogP contribution in [-0.2, 0) is 4.74 Å². The van der Waals surface area contributed by atoms with Gasteiger partial charge in [-0.2, -0.15) is 0 Å². The number of pyridine rings is 1. The van der Waals surface area contributed by atoms with Crippen LogP contribution in [0.5, 0.6) is 5.75 Å². The Balaban J connectivity index is 2.55. The van der Waals surface area contributed by atoms with Gasteiger partial charge in [-0.25, -0.2) is 9.78 Å². The molecule has 0 aliphatic heterocycles. The van der Waals surface area contributed by atoms with E-state index in [1.807, 2.05) is 0 Å². The van der Waals surface area contributed by atoms with Gasteiger partial charge in [-0.1, -0.05) is 0 Å². The molecule has 8 heteroatoms. The summed E-state index contributed by atoms with van der Waals surface area (Å²) < 4.78 is 9.87. The minimum Gasteiger partial charge on any atom is -0.497 e. The van der Waals surface area contributed by atoms with Gasteiger partial charge in [0.25, 0.3) is 0 Å². The van der Waals surface area contributed by atoms with Crippen molar-refractivity contribution in [3.63, 3.8) is 0 Å². The number of nitrogens with zero attached hydrogens (tertiary/aromatic N) is 2. The normalized spacial score (nSPS) is 10.1. The van der Waals surface area contributed by atoms with Crippen LogP contribution in [0, 0.1) is 17.0 Å². The molecule has 2 rings (SSSR count). The highest BCUT2D eigenvalue weighted by Gasteiger charge is 2.25. The molecule has 24 heavy (non-hydrogen) atoms. The first-order valence-electron chi connectivity index (χ1n) is 7.20. The van der Waals surface area contributed by atoms with Crippen LogP contribution in [0.4, 0.5) is 16.2 Å². The molecule has 0 unspecified atom stereocenters. The molecular weight excluding hydrogens is 314 g/mol. The number of hydrogen-bond donors (Lipinski definition) is 1. The predicted octanol–water partition coefficient (Wildman–Crippen LogP) is 3.54. The van der Waals surface area contributed by atoms with Crippen molar-refractivity contribution in [1.82, 2.24) is 4.98 Å². The standard InChI is InChI=1S/C16H17N3O5/c1-4-24-16(20)18-13-9-10(2)17-14(15(13)19(21)22)11-5-7-12(23-3)8-6-11/h5-9H,4H2,1-3H3,(H,17,18,20). The van der Waals surface area contributed by atoms with Crippen LogP contribution in [0.3, 0.4) is 0 Å². The van der Waals surface area contributed by atoms with Gasteiger partial charge in [-0.05, 0) is 44.2 Å². The van der Waals surface area contributed by atoms with Crippen LogP contribution in [0.1, 0.15) is 12.6 Å². The smallest absolute Gasteiger partial charge is 0.411 e. The third-order valence-electron chi connectivity index (χ3n) is 3.18. The Bertz CT molecular complexity index is 759. The van der Waals surface area contributed by atoms with Gasteiger partial charge in [0.15, 0.2) is 5.69 Å². The number of amides is 1. The molecule has 1 amide bonds. The fraction of sp³-hybridized carbons (Fsp3) is 0.250. The maximum absolute atomic E-state index is 11.6. The molecule has 0 fully saturated rings. The number of rotatable bonds is 5. The molecule has 0 aliphatic carbocycles. The number of nitrogens with one attached hydrogen (secondary N) is 1. The van der Waals surface area contributed by atoms with E-state index in [2.05, 4.69) is 10.3 Å². The number of carbonyl (C=O) groups is 1. The molecule has 0 aliphatic rings. The fourth-order valence-corrected chi connectivity index (χ4v) is 2.17. The number of aromatic nitrogens is 1. The highest BCUT2D eigenvalue weighted by molar-refractivity contribution is 5.91. The van der Waals surface area contributed by atoms with Crippen LogP contribution >= 0.6 is 0 Å². The quantitative estimate of drug-likeness (QED) is 0.664. The first-order chi connectivity index (χ1) is 11.5. The van der Waals surface area contributed by atoms with Gasteiger partial charge in [0.1, 0.15) is 11.4 Å². The van der Waals surface area contributed by atoms with Crippen molar-refractivity contribution in [3.05, 3.63) is 46.1 Å². The number of methoxy groups -OCH3 is 1. The van der Waals surface area contributed by atoms with E-state index in [4.69, 9.17) is 9.47 Å². The molecule has 126 valence electrons. The fourth-order valence-electron chi connectivity index (χ4n) is 2.17. The van der Waals surface area contributed by atoms with Crippen LogP contribution < -0.4 is 10.1 Å². The molecule has 0 radical (unpaired) electrons. The zero-order chi connectivity index (χ0) is 17.7. The average Bonchev–Trinajstić information content (AvgIpc) is 2.54. The monoisotopic (exact) mass is 331 g/mol. The van der Waals surface area contributed by atoms with E-state index >= 15 is 0 Å². The zero-order valence-corrected chi connectivity index (χ0v) is 13.5. The molecule has 0 atom stereocenters. The SMILES string of the molecule is CCOC(=O)Nc1cc(C)nc(-c2ccc(OC)cc2)c1[N+](=O)[O-]. The molecule has 0 bridgehead atoms. The largest absolute Gasteiger partial charge is 0.497 e. The lowest BCUT2D eigenvalue weighted by atomic mass is 10.1. The Morgan fingerprint density at radius 2 is 2.00 bits per heavy atom. The molecule has 0 saturated heterocycles. The number of aryl methyl sites for hydroxylation is 1. The van der Waals surface area contributed by atoms with Gasteiger partial charge in [0.05, 0.1) is 18.6 Å². The Labute approximate surface area is 138 Å². The Morgan fingerprint density at radius 1 is 1.33 bits per heavy atom. The number of carbonyl (C=O) groups excluding carboxylic acids is 1. The summed E-state index contributed by atoms with van der Waals surface area (Å²) in [6, 6.07) is 8.13. The summed E-state index contributed by atoms with van der Waals surface area (Å²) in [6.45, 7) is 3.50. The third-order valence-corrected chi connectivity index (χ3v) is 3.18. The lowest BCUT2D eigenvalue weighted by Gasteiger charge is -2.11. The summed E-state index contributed by atoms with van der Waals surface area (Å²) in [7, 11) is 1.53. The summed E-state index contributed by atoms with van der Waals surface area (Å²) in [4.78, 5) is 26.9. The number of nitro groups is 1. The molecule has 0 spiro atoms. The summed E-state index contributed by atoms with van der Waals surface area (Å²) in [5, 5.41) is 13.9. The Morgan fingerprint density at radius 3 is 2.54 bits per heavy atom. The third kappa shape index (κ3) is 3.78. The molecule has 0 saturated carbocycles. The number of benzene rings is 1. The van der Waals surface area contributed by atoms with E-state index in [0.717, 1.165) is 0 Å². The van der Waals surface area contributed by atoms with E-state index in [9.17, 15) is 14.9 Å². The Hall–Kier alpha value is -3.16. The summed E-state index contributed by atoms with van der Waals surface area (Å²) in [5.74, 6) is 0.624. The van der Waals surface area contributed by atoms with E-state index in [-0.39, 0.29) is 23.7 Å². The summed E-state index contributed by atoms with van der Waals surface area (Å²) in [5.41, 5.74) is 0.973. The minimum absolute atomic E-state index is 0.0387. The van der Waals surface area contributed by atoms with Crippen molar-refractivity contribution >= 4 is 17.5 Å². The van der Waals surface area contributed by atoms with Gasteiger partial charge in [0.2, 0.25) is 0 Å². The minimum atomic E-state index is -0.758. The van der Waals surface area contributed by atoms with Crippen molar-refractivity contribution in [1.29, 1.82) is 0 Å². The van der Waals surface area contributed by atoms with E-state index in [1.54, 1.807) is 38.1 Å². The number of hydrogen-bond acceptors (Lipinski definition) is 6. The van der Waals surface area contributed by atoms with Gasteiger partial charge < -0.3 is 9.47 Å². The van der Waals surface area contributed by atoms with Crippen molar-refractivity contribution in [2.24, 2.45) is 0 Å². The average molecular weight is 331 g/mol. The highest BCUT2D eigenvalue weighted by Crippen LogP contribution is 2.36. The maximum atomic E-state index is 11.6. The molecule has 1 aromatic carbocycles. The van der Waals surface area contributed by atoms with E-state index < -0.39 is 11.0 Å². The molecule has 2 aromatic rings. The molecule has 1 aromatic heterocycles. The molecule has 1 heterocycles. The van der Waals surface area contributed by atoms with Crippen LogP contribution in [0.2, 0.25) is 0 Å². The van der Waals surface area contributed by atoms with Crippen molar-refractivity contribution in [2.75, 3.05) is 19.0 Å². The van der Waals surface area contributed by atoms with Gasteiger partial charge in [-0.15, -0.1) is 0 Å². The van der Waals surface area contributed by atoms with Gasteiger partial charge in [0, 0.05) is 11.3 Å². The topological polar surface area (TPSA) is 104 Å². The van der Waals surface area contributed by atoms with Gasteiger partial charge >= 0.3 is 11.8 Å². The van der Waals surface area contributed by atoms with Crippen LogP contribution in [0.15, 0.2) is 30.3 Å². The lowest BCUT2D eigenvalue weighted by molar-refractivity contribution is -0.383. The predicted molar refractivity (Wildman–Crippen MR) is 88.3 cm³/mol. The second-order valence-electron chi connectivity index (χ2n) is 4.84. The summed E-state index contributed by atoms with van der Waals surface area (Å²) >= 11 is 0. The first-order valence-corrected chi connectivity index (χ1v) is 7.20. The maximum Gasteiger partial charge on any atom is 0.411 e. The van der Waals surface area contributed by atoms with Crippen molar-refractivity contribution in [3.8, 4) is 17.0 Å². The first kappa shape index (κ1) is 17.2. The number of anilines is 1. The van der Waals surface area contributed by atoms with Crippen LogP contribution in [0.25, 0.3) is 11.3 Å². The van der Waals surface area contributed by atoms with Crippen molar-refractivity contribution in [2.45, 2.75) is 13.8 Å². The van der Waals surface area contributed by atoms with Crippen molar-refractivity contribution < 1.29 is 19.2 Å². The summed E-state index contributed by atoms with van der Waals surface area (Å²) in [6.07, 6.45) is -0.758. The van der Waals surface area contributed by atoms with Crippen LogP contribution in [-0.4, -0.2) is 29.7 Å². The second-order valence-corrected chi connectivity index (χ2v) is 4.84. The molecular formula is C16H17N3O5. The van der Waals surface area contributed by atoms with E-state index in [1.165, 1.54) is 13.2 Å². The van der Waals surface area contributed by atoms with E-state index in [0.29, 0.717) is 17.0 Å². The molecule has 1 N–H and O–H groups in total.